The average molecular weight is 293 g/mol. The molecule has 0 unspecified atom stereocenters. The minimum atomic E-state index is -0.469. The van der Waals surface area contributed by atoms with Crippen LogP contribution in [-0.4, -0.2) is 12.4 Å². The maximum Gasteiger partial charge on any atom is 0.192 e. The van der Waals surface area contributed by atoms with Crippen LogP contribution < -0.4 is 4.74 Å². The van der Waals surface area contributed by atoms with Crippen LogP contribution in [-0.2, 0) is 0 Å². The highest BCUT2D eigenvalue weighted by Crippen LogP contribution is 2.28. The first-order valence-electron chi connectivity index (χ1n) is 6.85. The van der Waals surface area contributed by atoms with Crippen LogP contribution in [0.5, 0.6) is 5.75 Å². The Kier molecular flexibility index (Phi) is 3.71. The van der Waals surface area contributed by atoms with Gasteiger partial charge in [-0.2, -0.15) is 5.26 Å². The molecule has 1 heterocycles. The first-order valence-corrected chi connectivity index (χ1v) is 6.85. The summed E-state index contributed by atoms with van der Waals surface area (Å²) in [5, 5.41) is 8.93. The number of nitrogens with zero attached hydrogens (tertiary/aromatic N) is 1. The number of benzene rings is 2. The Morgan fingerprint density at radius 2 is 2.09 bits per heavy atom. The molecule has 2 aromatic rings. The Bertz CT molecular complexity index is 818. The van der Waals surface area contributed by atoms with Gasteiger partial charge in [-0.15, -0.1) is 0 Å². The van der Waals surface area contributed by atoms with Gasteiger partial charge < -0.3 is 4.74 Å². The Morgan fingerprint density at radius 3 is 2.91 bits per heavy atom. The molecule has 1 aliphatic heterocycles. The van der Waals surface area contributed by atoms with Crippen LogP contribution in [0.15, 0.2) is 48.0 Å². The highest BCUT2D eigenvalue weighted by atomic mass is 19.1. The van der Waals surface area contributed by atoms with Crippen molar-refractivity contribution in [2.24, 2.45) is 0 Å². The molecule has 0 fully saturated rings. The second-order valence-electron chi connectivity index (χ2n) is 4.97. The summed E-state index contributed by atoms with van der Waals surface area (Å²) in [6.07, 6.45) is 2.17. The monoisotopic (exact) mass is 293 g/mol. The molecule has 0 N–H and O–H groups in total. The summed E-state index contributed by atoms with van der Waals surface area (Å²) < 4.78 is 18.9. The van der Waals surface area contributed by atoms with Gasteiger partial charge in [-0.05, 0) is 42.0 Å². The van der Waals surface area contributed by atoms with E-state index >= 15 is 0 Å². The molecule has 0 radical (unpaired) electrons. The van der Waals surface area contributed by atoms with Crippen LogP contribution in [0.1, 0.15) is 27.9 Å². The number of fused-ring (bicyclic) bond motifs is 1. The van der Waals surface area contributed by atoms with E-state index in [1.54, 1.807) is 24.3 Å². The van der Waals surface area contributed by atoms with Crippen molar-refractivity contribution in [3.05, 3.63) is 70.5 Å². The summed E-state index contributed by atoms with van der Waals surface area (Å²) in [5.41, 5.74) is 2.07. The molecule has 0 aliphatic carbocycles. The molecule has 3 rings (SSSR count). The number of nitriles is 1. The molecule has 2 aromatic carbocycles. The van der Waals surface area contributed by atoms with E-state index < -0.39 is 5.82 Å². The third-order valence-corrected chi connectivity index (χ3v) is 3.46. The van der Waals surface area contributed by atoms with Crippen LogP contribution in [0.2, 0.25) is 0 Å². The van der Waals surface area contributed by atoms with Gasteiger partial charge >= 0.3 is 0 Å². The maximum absolute atomic E-state index is 13.4. The number of hydrogen-bond donors (Lipinski definition) is 0. The zero-order chi connectivity index (χ0) is 15.5. The highest BCUT2D eigenvalue weighted by molar-refractivity contribution is 6.13. The van der Waals surface area contributed by atoms with E-state index in [4.69, 9.17) is 10.00 Å². The number of rotatable bonds is 1. The summed E-state index contributed by atoms with van der Waals surface area (Å²) in [6, 6.07) is 13.0. The fourth-order valence-electron chi connectivity index (χ4n) is 2.40. The molecular weight excluding hydrogens is 281 g/mol. The van der Waals surface area contributed by atoms with Crippen molar-refractivity contribution in [1.29, 1.82) is 5.26 Å². The molecule has 0 saturated carbocycles. The molecule has 3 nitrogen and oxygen atoms in total. The van der Waals surface area contributed by atoms with Crippen molar-refractivity contribution in [3.63, 3.8) is 0 Å². The SMILES string of the molecule is N#Cc1cccc(C=C2CCOc3ccc(F)cc3C2=O)c1. The molecule has 0 spiro atoms. The second-order valence-corrected chi connectivity index (χ2v) is 4.97. The molecular formula is C18H12FNO2. The Balaban J connectivity index is 2.02. The van der Waals surface area contributed by atoms with Crippen LogP contribution in [0.25, 0.3) is 6.08 Å². The lowest BCUT2D eigenvalue weighted by atomic mass is 9.98. The van der Waals surface area contributed by atoms with Crippen molar-refractivity contribution in [1.82, 2.24) is 0 Å². The fraction of sp³-hybridized carbons (Fsp3) is 0.111. The van der Waals surface area contributed by atoms with Gasteiger partial charge in [0.1, 0.15) is 11.6 Å². The molecule has 108 valence electrons. The molecule has 22 heavy (non-hydrogen) atoms. The molecule has 4 heteroatoms. The Hall–Kier alpha value is -2.93. The standard InChI is InChI=1S/C18H12FNO2/c19-15-4-5-17-16(10-15)18(21)14(6-7-22-17)9-12-2-1-3-13(8-12)11-20/h1-5,8-10H,6-7H2. The molecule has 0 amide bonds. The van der Waals surface area contributed by atoms with Gasteiger partial charge in [0.2, 0.25) is 0 Å². The summed E-state index contributed by atoms with van der Waals surface area (Å²) in [4.78, 5) is 12.6. The third kappa shape index (κ3) is 2.75. The van der Waals surface area contributed by atoms with E-state index in [0.717, 1.165) is 5.56 Å². The number of ketones is 1. The van der Waals surface area contributed by atoms with Crippen molar-refractivity contribution in [2.75, 3.05) is 6.61 Å². The molecule has 0 saturated heterocycles. The largest absolute Gasteiger partial charge is 0.492 e. The zero-order valence-corrected chi connectivity index (χ0v) is 11.7. The van der Waals surface area contributed by atoms with E-state index in [1.807, 2.05) is 6.07 Å². The molecule has 0 bridgehead atoms. The average Bonchev–Trinajstić information content (AvgIpc) is 2.68. The Labute approximate surface area is 127 Å². The summed E-state index contributed by atoms with van der Waals surface area (Å²) in [7, 11) is 0. The maximum atomic E-state index is 13.4. The molecule has 1 aliphatic rings. The van der Waals surface area contributed by atoms with E-state index in [9.17, 15) is 9.18 Å². The van der Waals surface area contributed by atoms with E-state index in [-0.39, 0.29) is 11.3 Å². The zero-order valence-electron chi connectivity index (χ0n) is 11.7. The van der Waals surface area contributed by atoms with Gasteiger partial charge in [-0.25, -0.2) is 4.39 Å². The van der Waals surface area contributed by atoms with Gasteiger partial charge in [0, 0.05) is 12.0 Å². The lowest BCUT2D eigenvalue weighted by Gasteiger charge is -2.05. The second kappa shape index (κ2) is 5.82. The quantitative estimate of drug-likeness (QED) is 0.752. The van der Waals surface area contributed by atoms with E-state index in [0.29, 0.717) is 29.9 Å². The van der Waals surface area contributed by atoms with Crippen LogP contribution >= 0.6 is 0 Å². The highest BCUT2D eigenvalue weighted by Gasteiger charge is 2.21. The van der Waals surface area contributed by atoms with Gasteiger partial charge in [0.25, 0.3) is 0 Å². The van der Waals surface area contributed by atoms with Crippen LogP contribution in [0, 0.1) is 17.1 Å². The smallest absolute Gasteiger partial charge is 0.192 e. The van der Waals surface area contributed by atoms with Gasteiger partial charge in [0.05, 0.1) is 23.8 Å². The summed E-state index contributed by atoms with van der Waals surface area (Å²) >= 11 is 0. The minimum Gasteiger partial charge on any atom is -0.492 e. The number of Topliss-reactive ketones (excluding diaryl/α,β-unsaturated/α-hetero) is 1. The number of ether oxygens (including phenoxy) is 1. The normalized spacial score (nSPS) is 15.6. The number of carbonyl (C=O) groups is 1. The molecule has 0 aromatic heterocycles. The first kappa shape index (κ1) is 14.0. The number of hydrogen-bond acceptors (Lipinski definition) is 3. The van der Waals surface area contributed by atoms with Crippen LogP contribution in [0.3, 0.4) is 0 Å². The lowest BCUT2D eigenvalue weighted by Crippen LogP contribution is -2.02. The number of halogens is 1. The predicted octanol–water partition coefficient (Wildman–Crippen LogP) is 3.75. The van der Waals surface area contributed by atoms with Gasteiger partial charge in [-0.3, -0.25) is 4.79 Å². The van der Waals surface area contributed by atoms with Crippen molar-refractivity contribution >= 4 is 11.9 Å². The van der Waals surface area contributed by atoms with Gasteiger partial charge in [0.15, 0.2) is 5.78 Å². The number of carbonyl (C=O) groups excluding carboxylic acids is 1. The Morgan fingerprint density at radius 1 is 1.23 bits per heavy atom. The van der Waals surface area contributed by atoms with Crippen LogP contribution in [0.4, 0.5) is 4.39 Å². The van der Waals surface area contributed by atoms with Gasteiger partial charge in [-0.1, -0.05) is 12.1 Å². The predicted molar refractivity (Wildman–Crippen MR) is 80.0 cm³/mol. The third-order valence-electron chi connectivity index (χ3n) is 3.46. The summed E-state index contributed by atoms with van der Waals surface area (Å²) in [6.45, 7) is 0.355. The molecule has 0 atom stereocenters. The minimum absolute atomic E-state index is 0.236. The van der Waals surface area contributed by atoms with Crippen molar-refractivity contribution < 1.29 is 13.9 Å². The van der Waals surface area contributed by atoms with Crippen molar-refractivity contribution in [3.8, 4) is 11.8 Å². The topological polar surface area (TPSA) is 50.1 Å². The summed E-state index contributed by atoms with van der Waals surface area (Å²) in [5.74, 6) is -0.307. The van der Waals surface area contributed by atoms with E-state index in [2.05, 4.69) is 6.07 Å². The van der Waals surface area contributed by atoms with Crippen molar-refractivity contribution in [2.45, 2.75) is 6.42 Å². The fourth-order valence-corrected chi connectivity index (χ4v) is 2.40. The van der Waals surface area contributed by atoms with E-state index in [1.165, 1.54) is 18.2 Å². The first-order chi connectivity index (χ1) is 10.7. The lowest BCUT2D eigenvalue weighted by molar-refractivity contribution is 0.103.